The van der Waals surface area contributed by atoms with Gasteiger partial charge in [0.1, 0.15) is 0 Å². The molecule has 0 bridgehead atoms. The Morgan fingerprint density at radius 1 is 1.39 bits per heavy atom. The molecule has 5 nitrogen and oxygen atoms in total. The van der Waals surface area contributed by atoms with Gasteiger partial charge in [-0.05, 0) is 13.1 Å². The summed E-state index contributed by atoms with van der Waals surface area (Å²) >= 11 is 0. The van der Waals surface area contributed by atoms with Crippen molar-refractivity contribution in [2.45, 2.75) is 6.54 Å². The largest absolute Gasteiger partial charge is 0.493 e. The third kappa shape index (κ3) is 3.63. The number of likely N-dealkylation sites (N-methyl/N-ethyl adjacent to an activating group) is 1. The lowest BCUT2D eigenvalue weighted by Gasteiger charge is -2.16. The number of benzene rings is 1. The van der Waals surface area contributed by atoms with Gasteiger partial charge in [-0.3, -0.25) is 4.79 Å². The summed E-state index contributed by atoms with van der Waals surface area (Å²) in [7, 11) is 6.83. The number of ether oxygens (including phenoxy) is 2. The van der Waals surface area contributed by atoms with E-state index in [9.17, 15) is 4.79 Å². The molecule has 0 aromatic heterocycles. The minimum Gasteiger partial charge on any atom is -0.493 e. The van der Waals surface area contributed by atoms with Crippen molar-refractivity contribution < 1.29 is 14.3 Å². The summed E-state index contributed by atoms with van der Waals surface area (Å²) in [5.74, 6) is 1.16. The van der Waals surface area contributed by atoms with E-state index in [0.717, 1.165) is 5.56 Å². The number of carbonyl (C=O) groups excluding carboxylic acids is 1. The summed E-state index contributed by atoms with van der Waals surface area (Å²) in [6, 6.07) is 5.65. The van der Waals surface area contributed by atoms with Crippen LogP contribution in [0.5, 0.6) is 11.5 Å². The van der Waals surface area contributed by atoms with Gasteiger partial charge in [0.15, 0.2) is 18.1 Å². The summed E-state index contributed by atoms with van der Waals surface area (Å²) in [5.41, 5.74) is 0.961. The van der Waals surface area contributed by atoms with Gasteiger partial charge in [-0.1, -0.05) is 12.1 Å². The van der Waals surface area contributed by atoms with Crippen molar-refractivity contribution in [1.82, 2.24) is 10.2 Å². The van der Waals surface area contributed by atoms with Crippen LogP contribution in [0.1, 0.15) is 5.56 Å². The molecule has 0 aliphatic heterocycles. The Labute approximate surface area is 108 Å². The minimum atomic E-state index is -0.0867. The number of hydrogen-bond donors (Lipinski definition) is 1. The van der Waals surface area contributed by atoms with Crippen molar-refractivity contribution in [3.8, 4) is 11.5 Å². The van der Waals surface area contributed by atoms with Crippen LogP contribution in [0.15, 0.2) is 18.2 Å². The van der Waals surface area contributed by atoms with Crippen molar-refractivity contribution in [2.75, 3.05) is 34.9 Å². The van der Waals surface area contributed by atoms with Crippen LogP contribution in [0.25, 0.3) is 0 Å². The van der Waals surface area contributed by atoms with Crippen molar-refractivity contribution >= 4 is 5.91 Å². The fraction of sp³-hybridized carbons (Fsp3) is 0.462. The van der Waals surface area contributed by atoms with E-state index in [-0.39, 0.29) is 12.5 Å². The molecule has 100 valence electrons. The average Bonchev–Trinajstić information content (AvgIpc) is 2.36. The third-order valence-corrected chi connectivity index (χ3v) is 2.49. The molecule has 1 aromatic carbocycles. The molecule has 1 N–H and O–H groups in total. The zero-order valence-corrected chi connectivity index (χ0v) is 11.3. The molecule has 18 heavy (non-hydrogen) atoms. The van der Waals surface area contributed by atoms with Crippen molar-refractivity contribution in [3.05, 3.63) is 23.8 Å². The number of para-hydroxylation sites is 1. The number of nitrogens with one attached hydrogen (secondary N) is 1. The van der Waals surface area contributed by atoms with Crippen LogP contribution in [0.4, 0.5) is 0 Å². The second-order valence-electron chi connectivity index (χ2n) is 4.06. The Kier molecular flexibility index (Phi) is 5.45. The van der Waals surface area contributed by atoms with E-state index < -0.39 is 0 Å². The monoisotopic (exact) mass is 252 g/mol. The first kappa shape index (κ1) is 14.3. The van der Waals surface area contributed by atoms with Crippen LogP contribution >= 0.6 is 0 Å². The molecule has 5 heteroatoms. The summed E-state index contributed by atoms with van der Waals surface area (Å²) in [6.07, 6.45) is 0. The van der Waals surface area contributed by atoms with Crippen molar-refractivity contribution in [2.24, 2.45) is 0 Å². The molecule has 1 amide bonds. The number of rotatable bonds is 6. The zero-order chi connectivity index (χ0) is 13.5. The molecular weight excluding hydrogens is 232 g/mol. The maximum Gasteiger partial charge on any atom is 0.259 e. The lowest BCUT2D eigenvalue weighted by Crippen LogP contribution is -2.28. The highest BCUT2D eigenvalue weighted by Gasteiger charge is 2.12. The molecule has 1 rings (SSSR count). The highest BCUT2D eigenvalue weighted by atomic mass is 16.5. The van der Waals surface area contributed by atoms with Crippen molar-refractivity contribution in [1.29, 1.82) is 0 Å². The van der Waals surface area contributed by atoms with Gasteiger partial charge in [-0.2, -0.15) is 0 Å². The highest BCUT2D eigenvalue weighted by Crippen LogP contribution is 2.30. The zero-order valence-electron chi connectivity index (χ0n) is 11.3. The average molecular weight is 252 g/mol. The third-order valence-electron chi connectivity index (χ3n) is 2.49. The van der Waals surface area contributed by atoms with Gasteiger partial charge >= 0.3 is 0 Å². The van der Waals surface area contributed by atoms with E-state index in [0.29, 0.717) is 18.0 Å². The van der Waals surface area contributed by atoms with Gasteiger partial charge in [-0.15, -0.1) is 0 Å². The van der Waals surface area contributed by atoms with E-state index in [2.05, 4.69) is 5.32 Å². The Hall–Kier alpha value is -1.75. The van der Waals surface area contributed by atoms with Crippen LogP contribution in [0.2, 0.25) is 0 Å². The molecule has 0 unspecified atom stereocenters. The van der Waals surface area contributed by atoms with Gasteiger partial charge in [0.25, 0.3) is 5.91 Å². The van der Waals surface area contributed by atoms with E-state index in [4.69, 9.17) is 9.47 Å². The molecule has 0 saturated heterocycles. The normalized spacial score (nSPS) is 10.0. The smallest absolute Gasteiger partial charge is 0.259 e. The van der Waals surface area contributed by atoms with Crippen LogP contribution in [0, 0.1) is 0 Å². The summed E-state index contributed by atoms with van der Waals surface area (Å²) in [6.45, 7) is 0.659. The molecule has 0 fully saturated rings. The SMILES string of the molecule is CNCc1cccc(OC)c1OCC(=O)N(C)C. The molecule has 0 spiro atoms. The topological polar surface area (TPSA) is 50.8 Å². The van der Waals surface area contributed by atoms with Crippen molar-refractivity contribution in [3.63, 3.8) is 0 Å². The van der Waals surface area contributed by atoms with E-state index in [1.54, 1.807) is 21.2 Å². The van der Waals surface area contributed by atoms with E-state index in [1.165, 1.54) is 4.90 Å². The number of carbonyl (C=O) groups is 1. The summed E-state index contributed by atoms with van der Waals surface area (Å²) < 4.78 is 10.8. The van der Waals surface area contributed by atoms with Gasteiger partial charge in [0, 0.05) is 26.2 Å². The molecule has 1 aromatic rings. The Morgan fingerprint density at radius 2 is 2.11 bits per heavy atom. The Bertz CT molecular complexity index is 405. The maximum atomic E-state index is 11.5. The fourth-order valence-corrected chi connectivity index (χ4v) is 1.48. The molecule has 0 aliphatic carbocycles. The molecular formula is C13H20N2O3. The van der Waals surface area contributed by atoms with E-state index >= 15 is 0 Å². The first-order valence-electron chi connectivity index (χ1n) is 5.73. The first-order valence-corrected chi connectivity index (χ1v) is 5.73. The molecule has 0 radical (unpaired) electrons. The van der Waals surface area contributed by atoms with Gasteiger partial charge in [0.2, 0.25) is 0 Å². The van der Waals surface area contributed by atoms with E-state index in [1.807, 2.05) is 25.2 Å². The molecule has 0 saturated carbocycles. The maximum absolute atomic E-state index is 11.5. The van der Waals surface area contributed by atoms with Crippen LogP contribution in [-0.4, -0.2) is 45.7 Å². The molecule has 0 atom stereocenters. The fourth-order valence-electron chi connectivity index (χ4n) is 1.48. The Morgan fingerprint density at radius 3 is 2.67 bits per heavy atom. The van der Waals surface area contributed by atoms with Gasteiger partial charge in [0.05, 0.1) is 7.11 Å². The standard InChI is InChI=1S/C13H20N2O3/c1-14-8-10-6-5-7-11(17-4)13(10)18-9-12(16)15(2)3/h5-7,14H,8-9H2,1-4H3. The Balaban J connectivity index is 2.87. The number of hydrogen-bond acceptors (Lipinski definition) is 4. The van der Waals surface area contributed by atoms with Gasteiger partial charge < -0.3 is 19.7 Å². The second-order valence-corrected chi connectivity index (χ2v) is 4.06. The number of amides is 1. The number of nitrogens with zero attached hydrogens (tertiary/aromatic N) is 1. The second kappa shape index (κ2) is 6.86. The molecule has 0 heterocycles. The quantitative estimate of drug-likeness (QED) is 0.816. The van der Waals surface area contributed by atoms with Gasteiger partial charge in [-0.25, -0.2) is 0 Å². The minimum absolute atomic E-state index is 0.00406. The predicted octanol–water partition coefficient (Wildman–Crippen LogP) is 0.882. The summed E-state index contributed by atoms with van der Waals surface area (Å²) in [5, 5.41) is 3.06. The van der Waals surface area contributed by atoms with Crippen LogP contribution in [-0.2, 0) is 11.3 Å². The number of methoxy groups -OCH3 is 1. The highest BCUT2D eigenvalue weighted by molar-refractivity contribution is 5.77. The lowest BCUT2D eigenvalue weighted by molar-refractivity contribution is -0.130. The lowest BCUT2D eigenvalue weighted by atomic mass is 10.2. The first-order chi connectivity index (χ1) is 8.60. The summed E-state index contributed by atoms with van der Waals surface area (Å²) in [4.78, 5) is 13.0. The predicted molar refractivity (Wildman–Crippen MR) is 69.9 cm³/mol. The molecule has 0 aliphatic rings. The van der Waals surface area contributed by atoms with Crippen LogP contribution in [0.3, 0.4) is 0 Å². The van der Waals surface area contributed by atoms with Crippen LogP contribution < -0.4 is 14.8 Å².